The van der Waals surface area contributed by atoms with Gasteiger partial charge in [-0.25, -0.2) is 4.68 Å². The Labute approximate surface area is 158 Å². The maximum absolute atomic E-state index is 6.32. The van der Waals surface area contributed by atoms with E-state index in [-0.39, 0.29) is 0 Å². The summed E-state index contributed by atoms with van der Waals surface area (Å²) in [6, 6.07) is 13.1. The van der Waals surface area contributed by atoms with Gasteiger partial charge in [0.2, 0.25) is 5.16 Å². The van der Waals surface area contributed by atoms with Crippen molar-refractivity contribution in [1.29, 1.82) is 0 Å². The molecule has 1 N–H and O–H groups in total. The number of nitrogens with one attached hydrogen (secondary N) is 1. The van der Waals surface area contributed by atoms with Crippen LogP contribution < -0.4 is 10.2 Å². The lowest BCUT2D eigenvalue weighted by Crippen LogP contribution is -2.18. The minimum absolute atomic E-state index is 0.523. The molecule has 1 aromatic heterocycles. The molecule has 0 saturated carbocycles. The van der Waals surface area contributed by atoms with Gasteiger partial charge in [-0.1, -0.05) is 35.0 Å². The molecule has 2 aromatic carbocycles. The molecule has 5 nitrogen and oxygen atoms in total. The van der Waals surface area contributed by atoms with Crippen molar-refractivity contribution < 1.29 is 4.74 Å². The second kappa shape index (κ2) is 6.63. The van der Waals surface area contributed by atoms with Crippen LogP contribution in [-0.4, -0.2) is 22.0 Å². The fourth-order valence-electron chi connectivity index (χ4n) is 2.45. The van der Waals surface area contributed by atoms with Gasteiger partial charge < -0.3 is 4.74 Å². The lowest BCUT2D eigenvalue weighted by molar-refractivity contribution is 0.415. The van der Waals surface area contributed by atoms with Crippen molar-refractivity contribution in [2.24, 2.45) is 0 Å². The summed E-state index contributed by atoms with van der Waals surface area (Å²) in [5, 5.41) is 12.3. The smallest absolute Gasteiger partial charge is 0.214 e. The molecule has 1 aliphatic heterocycles. The fraction of sp³-hybridized carbons (Fsp3) is 0.0588. The first kappa shape index (κ1) is 16.3. The summed E-state index contributed by atoms with van der Waals surface area (Å²) in [5.74, 6) is 1.44. The average molecular weight is 391 g/mol. The van der Waals surface area contributed by atoms with Gasteiger partial charge in [0.15, 0.2) is 5.82 Å². The number of nitrogens with zero attached hydrogens (tertiary/aromatic N) is 3. The molecule has 126 valence electrons. The van der Waals surface area contributed by atoms with E-state index in [1.165, 1.54) is 11.8 Å². The van der Waals surface area contributed by atoms with Crippen LogP contribution in [0, 0.1) is 0 Å². The Morgan fingerprint density at radius 3 is 2.60 bits per heavy atom. The van der Waals surface area contributed by atoms with Crippen molar-refractivity contribution in [2.45, 2.75) is 5.16 Å². The number of rotatable bonds is 3. The van der Waals surface area contributed by atoms with Gasteiger partial charge in [0.05, 0.1) is 17.8 Å². The van der Waals surface area contributed by atoms with Gasteiger partial charge in [-0.15, -0.1) is 10.2 Å². The normalized spacial score (nSPS) is 13.0. The molecule has 4 rings (SSSR count). The highest BCUT2D eigenvalue weighted by Crippen LogP contribution is 2.34. The zero-order valence-electron chi connectivity index (χ0n) is 13.0. The highest BCUT2D eigenvalue weighted by molar-refractivity contribution is 8.02. The number of halogens is 2. The molecular weight excluding hydrogens is 379 g/mol. The molecule has 0 radical (unpaired) electrons. The van der Waals surface area contributed by atoms with Gasteiger partial charge in [-0.2, -0.15) is 0 Å². The molecule has 0 aliphatic carbocycles. The summed E-state index contributed by atoms with van der Waals surface area (Å²) in [6.45, 7) is 0. The molecule has 8 heteroatoms. The van der Waals surface area contributed by atoms with Gasteiger partial charge in [0.25, 0.3) is 0 Å². The Morgan fingerprint density at radius 2 is 1.88 bits per heavy atom. The van der Waals surface area contributed by atoms with Gasteiger partial charge in [0, 0.05) is 21.6 Å². The zero-order valence-corrected chi connectivity index (χ0v) is 15.4. The van der Waals surface area contributed by atoms with Crippen LogP contribution >= 0.6 is 35.0 Å². The van der Waals surface area contributed by atoms with Gasteiger partial charge in [-0.3, -0.25) is 5.43 Å². The molecule has 0 saturated heterocycles. The van der Waals surface area contributed by atoms with Crippen molar-refractivity contribution in [1.82, 2.24) is 14.9 Å². The van der Waals surface area contributed by atoms with E-state index in [0.717, 1.165) is 27.7 Å². The van der Waals surface area contributed by atoms with E-state index in [4.69, 9.17) is 27.9 Å². The Bertz CT molecular complexity index is 969. The minimum Gasteiger partial charge on any atom is -0.497 e. The van der Waals surface area contributed by atoms with E-state index in [1.54, 1.807) is 19.2 Å². The summed E-state index contributed by atoms with van der Waals surface area (Å²) >= 11 is 13.8. The Hall–Kier alpha value is -2.15. The van der Waals surface area contributed by atoms with Crippen molar-refractivity contribution >= 4 is 40.7 Å². The summed E-state index contributed by atoms with van der Waals surface area (Å²) < 4.78 is 7.02. The van der Waals surface area contributed by atoms with Gasteiger partial charge in [-0.05, 0) is 42.5 Å². The number of methoxy groups -OCH3 is 1. The second-order valence-electron chi connectivity index (χ2n) is 5.26. The largest absolute Gasteiger partial charge is 0.497 e. The summed E-state index contributed by atoms with van der Waals surface area (Å²) in [4.78, 5) is 0. The number of ether oxygens (including phenoxy) is 1. The number of benzene rings is 2. The number of hydrogen-bond donors (Lipinski definition) is 1. The van der Waals surface area contributed by atoms with E-state index in [1.807, 2.05) is 40.4 Å². The Kier molecular flexibility index (Phi) is 4.33. The molecule has 0 spiro atoms. The highest BCUT2D eigenvalue weighted by atomic mass is 35.5. The predicted molar refractivity (Wildman–Crippen MR) is 102 cm³/mol. The van der Waals surface area contributed by atoms with Crippen LogP contribution in [0.15, 0.2) is 53.0 Å². The second-order valence-corrected chi connectivity index (χ2v) is 6.94. The molecule has 0 amide bonds. The standard InChI is InChI=1S/C17H12Cl2N4OS/c1-24-12-5-2-10(3-6-12)15-9-25-17-21-20-16(23(17)22-15)13-7-4-11(18)8-14(13)19/h2-9,22H,1H3. The fourth-order valence-corrected chi connectivity index (χ4v) is 3.68. The first-order chi connectivity index (χ1) is 12.2. The van der Waals surface area contributed by atoms with Crippen LogP contribution in [0.1, 0.15) is 5.56 Å². The van der Waals surface area contributed by atoms with Crippen LogP contribution in [0.4, 0.5) is 0 Å². The molecule has 0 atom stereocenters. The van der Waals surface area contributed by atoms with Crippen molar-refractivity contribution in [3.05, 3.63) is 63.5 Å². The third-order valence-corrected chi connectivity index (χ3v) is 5.10. The topological polar surface area (TPSA) is 52.0 Å². The Balaban J connectivity index is 1.69. The molecule has 2 heterocycles. The Morgan fingerprint density at radius 1 is 1.08 bits per heavy atom. The molecule has 1 aliphatic rings. The first-order valence-corrected chi connectivity index (χ1v) is 8.98. The highest BCUT2D eigenvalue weighted by Gasteiger charge is 2.21. The molecule has 25 heavy (non-hydrogen) atoms. The van der Waals surface area contributed by atoms with E-state index in [0.29, 0.717) is 15.9 Å². The van der Waals surface area contributed by atoms with Crippen LogP contribution in [0.25, 0.3) is 17.1 Å². The van der Waals surface area contributed by atoms with Crippen molar-refractivity contribution in [3.63, 3.8) is 0 Å². The summed E-state index contributed by atoms with van der Waals surface area (Å²) in [7, 11) is 1.65. The van der Waals surface area contributed by atoms with E-state index >= 15 is 0 Å². The molecule has 3 aromatic rings. The van der Waals surface area contributed by atoms with Crippen molar-refractivity contribution in [3.8, 4) is 17.1 Å². The maximum Gasteiger partial charge on any atom is 0.214 e. The lowest BCUT2D eigenvalue weighted by Gasteiger charge is -2.19. The van der Waals surface area contributed by atoms with Gasteiger partial charge >= 0.3 is 0 Å². The van der Waals surface area contributed by atoms with Crippen LogP contribution in [-0.2, 0) is 0 Å². The SMILES string of the molecule is COc1ccc(C2=CSc3nnc(-c4ccc(Cl)cc4Cl)n3N2)cc1. The van der Waals surface area contributed by atoms with Crippen LogP contribution in [0.2, 0.25) is 10.0 Å². The summed E-state index contributed by atoms with van der Waals surface area (Å²) in [6.07, 6.45) is 0. The summed E-state index contributed by atoms with van der Waals surface area (Å²) in [5.41, 5.74) is 6.06. The van der Waals surface area contributed by atoms with Crippen LogP contribution in [0.5, 0.6) is 5.75 Å². The van der Waals surface area contributed by atoms with Crippen LogP contribution in [0.3, 0.4) is 0 Å². The van der Waals surface area contributed by atoms with Crippen molar-refractivity contribution in [2.75, 3.05) is 12.5 Å². The molecule has 0 fully saturated rings. The zero-order chi connectivity index (χ0) is 17.4. The third kappa shape index (κ3) is 3.08. The first-order valence-electron chi connectivity index (χ1n) is 7.35. The predicted octanol–water partition coefficient (Wildman–Crippen LogP) is 4.91. The lowest BCUT2D eigenvalue weighted by atomic mass is 10.2. The van der Waals surface area contributed by atoms with Gasteiger partial charge in [0.1, 0.15) is 5.75 Å². The molecule has 0 unspecified atom stereocenters. The minimum atomic E-state index is 0.523. The maximum atomic E-state index is 6.32. The van der Waals surface area contributed by atoms with E-state index < -0.39 is 0 Å². The number of thioether (sulfide) groups is 1. The molecular formula is C17H12Cl2N4OS. The number of fused-ring (bicyclic) bond motifs is 1. The van der Waals surface area contributed by atoms with E-state index in [2.05, 4.69) is 15.6 Å². The average Bonchev–Trinajstić information content (AvgIpc) is 3.05. The monoisotopic (exact) mass is 390 g/mol. The van der Waals surface area contributed by atoms with E-state index in [9.17, 15) is 0 Å². The third-order valence-electron chi connectivity index (χ3n) is 3.72. The number of aromatic nitrogens is 3. The number of hydrogen-bond acceptors (Lipinski definition) is 5. The quantitative estimate of drug-likeness (QED) is 0.688. The molecule has 0 bridgehead atoms.